The smallest absolute Gasteiger partial charge is 0.261 e. The number of halogens is 1. The van der Waals surface area contributed by atoms with E-state index in [1.807, 2.05) is 0 Å². The van der Waals surface area contributed by atoms with Crippen LogP contribution >= 0.6 is 11.3 Å². The van der Waals surface area contributed by atoms with Gasteiger partial charge in [-0.3, -0.25) is 4.79 Å². The van der Waals surface area contributed by atoms with E-state index >= 15 is 0 Å². The second kappa shape index (κ2) is 6.85. The molecule has 5 heteroatoms. The summed E-state index contributed by atoms with van der Waals surface area (Å²) in [5.41, 5.74) is 0.442. The van der Waals surface area contributed by atoms with Crippen LogP contribution in [0.25, 0.3) is 0 Å². The van der Waals surface area contributed by atoms with Crippen LogP contribution in [0.3, 0.4) is 0 Å². The quantitative estimate of drug-likeness (QED) is 0.851. The van der Waals surface area contributed by atoms with Gasteiger partial charge in [0.15, 0.2) is 0 Å². The highest BCUT2D eigenvalue weighted by molar-refractivity contribution is 7.14. The molecule has 0 fully saturated rings. The molecule has 1 aromatic carbocycles. The molecule has 0 bridgehead atoms. The summed E-state index contributed by atoms with van der Waals surface area (Å²) in [5.74, 6) is 4.64. The fraction of sp³-hybridized carbons (Fsp3) is 0.133. The Bertz CT molecular complexity index is 670. The summed E-state index contributed by atoms with van der Waals surface area (Å²) in [6.07, 6.45) is 0. The van der Waals surface area contributed by atoms with Crippen molar-refractivity contribution in [2.24, 2.45) is 0 Å². The molecule has 0 aliphatic heterocycles. The molecular weight excluding hydrogens is 277 g/mol. The van der Waals surface area contributed by atoms with Gasteiger partial charge in [0.25, 0.3) is 5.91 Å². The van der Waals surface area contributed by atoms with E-state index in [2.05, 4.69) is 17.2 Å². The van der Waals surface area contributed by atoms with Crippen LogP contribution in [-0.2, 0) is 6.54 Å². The van der Waals surface area contributed by atoms with Gasteiger partial charge in [0.05, 0.1) is 9.75 Å². The predicted molar refractivity (Wildman–Crippen MR) is 75.9 cm³/mol. The summed E-state index contributed by atoms with van der Waals surface area (Å²) in [7, 11) is 0. The van der Waals surface area contributed by atoms with Crippen LogP contribution < -0.4 is 5.32 Å². The number of aliphatic hydroxyl groups is 1. The van der Waals surface area contributed by atoms with Crippen molar-refractivity contribution in [3.63, 3.8) is 0 Å². The molecule has 0 aliphatic carbocycles. The van der Waals surface area contributed by atoms with Gasteiger partial charge in [0.1, 0.15) is 12.4 Å². The second-order valence-corrected chi connectivity index (χ2v) is 4.98. The zero-order valence-corrected chi connectivity index (χ0v) is 11.3. The number of hydrogen-bond donors (Lipinski definition) is 2. The number of benzene rings is 1. The van der Waals surface area contributed by atoms with E-state index in [9.17, 15) is 9.18 Å². The van der Waals surface area contributed by atoms with Crippen molar-refractivity contribution in [2.75, 3.05) is 6.61 Å². The molecule has 102 valence electrons. The Morgan fingerprint density at radius 3 is 2.85 bits per heavy atom. The maximum atomic E-state index is 13.4. The van der Waals surface area contributed by atoms with Crippen LogP contribution in [-0.4, -0.2) is 17.6 Å². The Morgan fingerprint density at radius 2 is 2.10 bits per heavy atom. The minimum atomic E-state index is -0.339. The molecule has 0 atom stereocenters. The number of aliphatic hydroxyl groups excluding tert-OH is 1. The molecule has 1 aromatic heterocycles. The number of carbonyl (C=O) groups excluding carboxylic acids is 1. The summed E-state index contributed by atoms with van der Waals surface area (Å²) in [5, 5.41) is 11.3. The predicted octanol–water partition coefficient (Wildman–Crippen LogP) is 2.16. The summed E-state index contributed by atoms with van der Waals surface area (Å²) in [6, 6.07) is 9.68. The van der Waals surface area contributed by atoms with Gasteiger partial charge < -0.3 is 10.4 Å². The summed E-state index contributed by atoms with van der Waals surface area (Å²) < 4.78 is 13.4. The molecule has 2 rings (SSSR count). The first-order chi connectivity index (χ1) is 9.70. The third kappa shape index (κ3) is 3.67. The van der Waals surface area contributed by atoms with Gasteiger partial charge in [-0.1, -0.05) is 30.0 Å². The van der Waals surface area contributed by atoms with Crippen molar-refractivity contribution in [3.8, 4) is 11.8 Å². The number of nitrogens with one attached hydrogen (secondary N) is 1. The molecular formula is C15H12FNO2S. The zero-order chi connectivity index (χ0) is 14.4. The maximum absolute atomic E-state index is 13.4. The van der Waals surface area contributed by atoms with Gasteiger partial charge in [-0.15, -0.1) is 11.3 Å². The lowest BCUT2D eigenvalue weighted by Crippen LogP contribution is -2.22. The molecule has 0 radical (unpaired) electrons. The van der Waals surface area contributed by atoms with Crippen molar-refractivity contribution < 1.29 is 14.3 Å². The Morgan fingerprint density at radius 1 is 1.30 bits per heavy atom. The molecule has 1 amide bonds. The number of hydrogen-bond acceptors (Lipinski definition) is 3. The molecule has 0 aliphatic rings. The summed E-state index contributed by atoms with van der Waals surface area (Å²) >= 11 is 1.23. The fourth-order valence-corrected chi connectivity index (χ4v) is 2.36. The lowest BCUT2D eigenvalue weighted by atomic mass is 10.2. The number of thiophene rings is 1. The van der Waals surface area contributed by atoms with Crippen LogP contribution in [0.4, 0.5) is 4.39 Å². The van der Waals surface area contributed by atoms with Crippen LogP contribution in [0.5, 0.6) is 0 Å². The van der Waals surface area contributed by atoms with Gasteiger partial charge >= 0.3 is 0 Å². The van der Waals surface area contributed by atoms with Crippen molar-refractivity contribution in [1.82, 2.24) is 5.32 Å². The van der Waals surface area contributed by atoms with E-state index < -0.39 is 0 Å². The third-order valence-corrected chi connectivity index (χ3v) is 3.52. The lowest BCUT2D eigenvalue weighted by Gasteiger charge is -2.04. The van der Waals surface area contributed by atoms with Gasteiger partial charge in [-0.05, 0) is 18.2 Å². The van der Waals surface area contributed by atoms with E-state index in [1.54, 1.807) is 30.3 Å². The minimum absolute atomic E-state index is 0.140. The number of rotatable bonds is 3. The van der Waals surface area contributed by atoms with Crippen molar-refractivity contribution in [3.05, 3.63) is 57.5 Å². The van der Waals surface area contributed by atoms with Crippen molar-refractivity contribution in [2.45, 2.75) is 6.54 Å². The Hall–Kier alpha value is -2.16. The fourth-order valence-electron chi connectivity index (χ4n) is 1.56. The van der Waals surface area contributed by atoms with E-state index in [1.165, 1.54) is 17.4 Å². The SMILES string of the molecule is O=C(NCc1ccccc1F)c1ccc(C#CCO)s1. The van der Waals surface area contributed by atoms with Gasteiger partial charge in [0, 0.05) is 12.1 Å². The van der Waals surface area contributed by atoms with Crippen LogP contribution in [0.1, 0.15) is 20.1 Å². The molecule has 0 saturated carbocycles. The monoisotopic (exact) mass is 289 g/mol. The summed E-state index contributed by atoms with van der Waals surface area (Å²) in [6.45, 7) is -0.0756. The number of amides is 1. The minimum Gasteiger partial charge on any atom is -0.384 e. The van der Waals surface area contributed by atoms with E-state index in [0.29, 0.717) is 15.3 Å². The van der Waals surface area contributed by atoms with Crippen molar-refractivity contribution in [1.29, 1.82) is 0 Å². The Balaban J connectivity index is 1.98. The Kier molecular flexibility index (Phi) is 4.88. The number of carbonyl (C=O) groups is 1. The molecule has 2 N–H and O–H groups in total. The zero-order valence-electron chi connectivity index (χ0n) is 10.5. The van der Waals surface area contributed by atoms with Gasteiger partial charge in [-0.25, -0.2) is 4.39 Å². The van der Waals surface area contributed by atoms with E-state index in [-0.39, 0.29) is 24.9 Å². The second-order valence-electron chi connectivity index (χ2n) is 3.90. The first-order valence-corrected chi connectivity index (χ1v) is 6.73. The average Bonchev–Trinajstić information content (AvgIpc) is 2.93. The molecule has 0 spiro atoms. The maximum Gasteiger partial charge on any atom is 0.261 e. The van der Waals surface area contributed by atoms with Crippen LogP contribution in [0, 0.1) is 17.7 Å². The highest BCUT2D eigenvalue weighted by atomic mass is 32.1. The largest absolute Gasteiger partial charge is 0.384 e. The van der Waals surface area contributed by atoms with Gasteiger partial charge in [0.2, 0.25) is 0 Å². The van der Waals surface area contributed by atoms with Crippen LogP contribution in [0.2, 0.25) is 0 Å². The third-order valence-electron chi connectivity index (χ3n) is 2.52. The molecule has 1 heterocycles. The molecule has 3 nitrogen and oxygen atoms in total. The standard InChI is InChI=1S/C15H12FNO2S/c16-13-6-2-1-4-11(13)10-17-15(19)14-8-7-12(20-14)5-3-9-18/h1-2,4,6-8,18H,9-10H2,(H,17,19). The molecule has 2 aromatic rings. The van der Waals surface area contributed by atoms with E-state index in [4.69, 9.17) is 5.11 Å². The first-order valence-electron chi connectivity index (χ1n) is 5.92. The van der Waals surface area contributed by atoms with Crippen molar-refractivity contribution >= 4 is 17.2 Å². The topological polar surface area (TPSA) is 49.3 Å². The van der Waals surface area contributed by atoms with E-state index in [0.717, 1.165) is 0 Å². The Labute approximate surface area is 120 Å². The highest BCUT2D eigenvalue weighted by Crippen LogP contribution is 2.15. The highest BCUT2D eigenvalue weighted by Gasteiger charge is 2.09. The summed E-state index contributed by atoms with van der Waals surface area (Å²) in [4.78, 5) is 13.1. The lowest BCUT2D eigenvalue weighted by molar-refractivity contribution is 0.0954. The molecule has 0 unspecified atom stereocenters. The molecule has 0 saturated heterocycles. The molecule has 20 heavy (non-hydrogen) atoms. The first kappa shape index (κ1) is 14.3. The van der Waals surface area contributed by atoms with Gasteiger partial charge in [-0.2, -0.15) is 0 Å². The average molecular weight is 289 g/mol. The normalized spacial score (nSPS) is 9.70. The van der Waals surface area contributed by atoms with Crippen LogP contribution in [0.15, 0.2) is 36.4 Å².